The summed E-state index contributed by atoms with van der Waals surface area (Å²) in [6.45, 7) is 4.27. The second kappa shape index (κ2) is 6.85. The minimum atomic E-state index is 0.0000926. The van der Waals surface area contributed by atoms with Crippen LogP contribution in [0.2, 0.25) is 0 Å². The lowest BCUT2D eigenvalue weighted by molar-refractivity contribution is -0.112. The van der Waals surface area contributed by atoms with Gasteiger partial charge in [-0.05, 0) is 12.8 Å². The van der Waals surface area contributed by atoms with Crippen molar-refractivity contribution in [3.8, 4) is 0 Å². The molecular formula is C9H17NO2. The van der Waals surface area contributed by atoms with Gasteiger partial charge in [0.05, 0.1) is 6.61 Å². The molecule has 3 nitrogen and oxygen atoms in total. The van der Waals surface area contributed by atoms with Crippen molar-refractivity contribution in [3.05, 3.63) is 12.3 Å². The second-order valence-electron chi connectivity index (χ2n) is 2.74. The predicted octanol–water partition coefficient (Wildman–Crippen LogP) is 0.961. The van der Waals surface area contributed by atoms with Crippen LogP contribution in [0.4, 0.5) is 0 Å². The maximum atomic E-state index is 10.5. The first-order valence-electron chi connectivity index (χ1n) is 4.04. The Kier molecular flexibility index (Phi) is 6.38. The Hall–Kier alpha value is -0.830. The Morgan fingerprint density at radius 2 is 2.42 bits per heavy atom. The van der Waals surface area contributed by atoms with Crippen LogP contribution >= 0.6 is 0 Å². The van der Waals surface area contributed by atoms with Crippen LogP contribution in [-0.4, -0.2) is 27.1 Å². The molecule has 0 aliphatic carbocycles. The first-order chi connectivity index (χ1) is 5.74. The lowest BCUT2D eigenvalue weighted by atomic mass is 10.1. The molecule has 0 rings (SSSR count). The van der Waals surface area contributed by atoms with Gasteiger partial charge in [-0.25, -0.2) is 0 Å². The number of allylic oxidation sites excluding steroid dienone is 1. The van der Waals surface area contributed by atoms with E-state index < -0.39 is 0 Å². The van der Waals surface area contributed by atoms with E-state index in [1.807, 2.05) is 7.05 Å². The van der Waals surface area contributed by atoms with Gasteiger partial charge in [0.15, 0.2) is 0 Å². The topological polar surface area (TPSA) is 38.3 Å². The standard InChI is InChI=1S/C9H17NO2/c1-8(10-2)4-5-9(6-11)7-12-3/h6,9-10H,1,4-5,7H2,2-3H3. The Labute approximate surface area is 73.8 Å². The fraction of sp³-hybridized carbons (Fsp3) is 0.667. The minimum Gasteiger partial charge on any atom is -0.392 e. The molecule has 0 heterocycles. The fourth-order valence-electron chi connectivity index (χ4n) is 0.889. The van der Waals surface area contributed by atoms with Gasteiger partial charge >= 0.3 is 0 Å². The zero-order valence-electron chi connectivity index (χ0n) is 7.80. The van der Waals surface area contributed by atoms with Crippen molar-refractivity contribution in [1.29, 1.82) is 0 Å². The van der Waals surface area contributed by atoms with Crippen LogP contribution in [0, 0.1) is 5.92 Å². The second-order valence-corrected chi connectivity index (χ2v) is 2.74. The molecule has 1 unspecified atom stereocenters. The third kappa shape index (κ3) is 4.91. The Morgan fingerprint density at radius 3 is 2.83 bits per heavy atom. The summed E-state index contributed by atoms with van der Waals surface area (Å²) in [7, 11) is 3.43. The van der Waals surface area contributed by atoms with Gasteiger partial charge in [-0.2, -0.15) is 0 Å². The number of methoxy groups -OCH3 is 1. The predicted molar refractivity (Wildman–Crippen MR) is 48.9 cm³/mol. The SMILES string of the molecule is C=C(CCC(C=O)COC)NC. The molecule has 0 amide bonds. The molecule has 0 saturated heterocycles. The van der Waals surface area contributed by atoms with Gasteiger partial charge in [0, 0.05) is 25.8 Å². The van der Waals surface area contributed by atoms with Gasteiger partial charge in [0.25, 0.3) is 0 Å². The summed E-state index contributed by atoms with van der Waals surface area (Å²) in [6.07, 6.45) is 2.56. The summed E-state index contributed by atoms with van der Waals surface area (Å²) in [5, 5.41) is 2.94. The van der Waals surface area contributed by atoms with Crippen LogP contribution in [0.1, 0.15) is 12.8 Å². The molecule has 12 heavy (non-hydrogen) atoms. The van der Waals surface area contributed by atoms with Crippen LogP contribution in [0.25, 0.3) is 0 Å². The van der Waals surface area contributed by atoms with Crippen molar-refractivity contribution in [3.63, 3.8) is 0 Å². The highest BCUT2D eigenvalue weighted by Crippen LogP contribution is 2.07. The molecule has 0 spiro atoms. The quantitative estimate of drug-likeness (QED) is 0.580. The van der Waals surface area contributed by atoms with E-state index in [2.05, 4.69) is 11.9 Å². The number of hydrogen-bond donors (Lipinski definition) is 1. The Balaban J connectivity index is 3.57. The van der Waals surface area contributed by atoms with E-state index in [0.717, 1.165) is 24.8 Å². The molecule has 0 aliphatic heterocycles. The number of ether oxygens (including phenoxy) is 1. The van der Waals surface area contributed by atoms with Crippen LogP contribution < -0.4 is 5.32 Å². The molecule has 1 atom stereocenters. The van der Waals surface area contributed by atoms with Gasteiger partial charge in [-0.15, -0.1) is 0 Å². The van der Waals surface area contributed by atoms with Crippen LogP contribution in [0.3, 0.4) is 0 Å². The van der Waals surface area contributed by atoms with E-state index in [1.54, 1.807) is 7.11 Å². The van der Waals surface area contributed by atoms with Gasteiger partial charge in [-0.3, -0.25) is 0 Å². The molecule has 0 saturated carbocycles. The largest absolute Gasteiger partial charge is 0.392 e. The third-order valence-corrected chi connectivity index (χ3v) is 1.74. The molecule has 0 fully saturated rings. The summed E-state index contributed by atoms with van der Waals surface area (Å²) < 4.78 is 4.88. The van der Waals surface area contributed by atoms with E-state index >= 15 is 0 Å². The van der Waals surface area contributed by atoms with E-state index in [-0.39, 0.29) is 5.92 Å². The zero-order chi connectivity index (χ0) is 9.40. The molecule has 0 aliphatic rings. The highest BCUT2D eigenvalue weighted by atomic mass is 16.5. The summed E-state index contributed by atoms with van der Waals surface area (Å²) in [4.78, 5) is 10.5. The van der Waals surface area contributed by atoms with Gasteiger partial charge in [-0.1, -0.05) is 6.58 Å². The molecule has 0 aromatic rings. The van der Waals surface area contributed by atoms with Crippen molar-refractivity contribution < 1.29 is 9.53 Å². The normalized spacial score (nSPS) is 12.2. The molecule has 3 heteroatoms. The lowest BCUT2D eigenvalue weighted by Crippen LogP contribution is -2.12. The van der Waals surface area contributed by atoms with Crippen LogP contribution in [0.5, 0.6) is 0 Å². The van der Waals surface area contributed by atoms with Crippen molar-refractivity contribution in [2.45, 2.75) is 12.8 Å². The summed E-state index contributed by atoms with van der Waals surface area (Å²) in [5.41, 5.74) is 0.956. The summed E-state index contributed by atoms with van der Waals surface area (Å²) in [5.74, 6) is 0.0000926. The zero-order valence-corrected chi connectivity index (χ0v) is 7.80. The van der Waals surface area contributed by atoms with Gasteiger partial charge in [0.1, 0.15) is 6.29 Å². The number of carbonyl (C=O) groups excluding carboxylic acids is 1. The summed E-state index contributed by atoms with van der Waals surface area (Å²) in [6, 6.07) is 0. The number of rotatable bonds is 7. The molecule has 0 aromatic carbocycles. The minimum absolute atomic E-state index is 0.0000926. The first-order valence-corrected chi connectivity index (χ1v) is 4.04. The average Bonchev–Trinajstić information content (AvgIpc) is 2.11. The van der Waals surface area contributed by atoms with Crippen LogP contribution in [-0.2, 0) is 9.53 Å². The lowest BCUT2D eigenvalue weighted by Gasteiger charge is -2.09. The highest BCUT2D eigenvalue weighted by Gasteiger charge is 2.06. The fourth-order valence-corrected chi connectivity index (χ4v) is 0.889. The smallest absolute Gasteiger partial charge is 0.125 e. The molecule has 0 bridgehead atoms. The van der Waals surface area contributed by atoms with E-state index in [0.29, 0.717) is 6.61 Å². The number of hydrogen-bond acceptors (Lipinski definition) is 3. The Bertz CT molecular complexity index is 145. The monoisotopic (exact) mass is 171 g/mol. The molecule has 1 N–H and O–H groups in total. The maximum absolute atomic E-state index is 10.5. The molecule has 0 radical (unpaired) electrons. The van der Waals surface area contributed by atoms with Gasteiger partial charge in [0.2, 0.25) is 0 Å². The van der Waals surface area contributed by atoms with E-state index in [4.69, 9.17) is 4.74 Å². The third-order valence-electron chi connectivity index (χ3n) is 1.74. The number of nitrogens with one attached hydrogen (secondary N) is 1. The van der Waals surface area contributed by atoms with Crippen molar-refractivity contribution in [1.82, 2.24) is 5.32 Å². The van der Waals surface area contributed by atoms with Crippen molar-refractivity contribution in [2.75, 3.05) is 20.8 Å². The number of carbonyl (C=O) groups is 1. The first kappa shape index (κ1) is 11.2. The molecule has 0 aromatic heterocycles. The highest BCUT2D eigenvalue weighted by molar-refractivity contribution is 5.53. The van der Waals surface area contributed by atoms with E-state index in [9.17, 15) is 4.79 Å². The van der Waals surface area contributed by atoms with Crippen molar-refractivity contribution >= 4 is 6.29 Å². The molecule has 70 valence electrons. The Morgan fingerprint density at radius 1 is 1.75 bits per heavy atom. The van der Waals surface area contributed by atoms with Crippen molar-refractivity contribution in [2.24, 2.45) is 5.92 Å². The van der Waals surface area contributed by atoms with Crippen LogP contribution in [0.15, 0.2) is 12.3 Å². The molecular weight excluding hydrogens is 154 g/mol. The average molecular weight is 171 g/mol. The number of aldehydes is 1. The summed E-state index contributed by atoms with van der Waals surface area (Å²) >= 11 is 0. The van der Waals surface area contributed by atoms with Gasteiger partial charge < -0.3 is 14.8 Å². The maximum Gasteiger partial charge on any atom is 0.125 e. The van der Waals surface area contributed by atoms with E-state index in [1.165, 1.54) is 0 Å².